The zero-order valence-corrected chi connectivity index (χ0v) is 21.1. The van der Waals surface area contributed by atoms with Crippen LogP contribution in [-0.2, 0) is 11.3 Å². The Labute approximate surface area is 210 Å². The van der Waals surface area contributed by atoms with Crippen molar-refractivity contribution in [1.29, 1.82) is 0 Å². The highest BCUT2D eigenvalue weighted by molar-refractivity contribution is 6.34. The molecule has 0 N–H and O–H groups in total. The highest BCUT2D eigenvalue weighted by atomic mass is 35.5. The predicted molar refractivity (Wildman–Crippen MR) is 143 cm³/mol. The van der Waals surface area contributed by atoms with Gasteiger partial charge in [-0.2, -0.15) is 0 Å². The molecule has 0 aliphatic heterocycles. The molecule has 0 spiro atoms. The minimum Gasteiger partial charge on any atom is -0.103 e. The normalized spacial score (nSPS) is 18.2. The lowest BCUT2D eigenvalue weighted by atomic mass is 9.83. The molecule has 0 nitrogen and oxygen atoms in total. The number of hydrogen-bond acceptors (Lipinski definition) is 0. The van der Waals surface area contributed by atoms with Gasteiger partial charge in [0, 0.05) is 10.6 Å². The lowest BCUT2D eigenvalue weighted by Crippen LogP contribution is -2.23. The molecule has 3 aromatic rings. The summed E-state index contributed by atoms with van der Waals surface area (Å²) in [6, 6.07) is 27.2. The first kappa shape index (κ1) is 24.4. The van der Waals surface area contributed by atoms with E-state index in [4.69, 9.17) is 23.2 Å². The van der Waals surface area contributed by atoms with Gasteiger partial charge in [-0.25, -0.2) is 0 Å². The molecule has 1 atom stereocenters. The molecule has 0 radical (unpaired) electrons. The van der Waals surface area contributed by atoms with E-state index in [2.05, 4.69) is 36.4 Å². The molecule has 2 heteroatoms. The van der Waals surface area contributed by atoms with Gasteiger partial charge in [-0.3, -0.25) is 0 Å². The van der Waals surface area contributed by atoms with E-state index in [0.717, 1.165) is 22.6 Å². The topological polar surface area (TPSA) is 0 Å². The van der Waals surface area contributed by atoms with Gasteiger partial charge in [0.15, 0.2) is 0 Å². The second kappa shape index (κ2) is 12.1. The molecular weight excluding hydrogens is 443 g/mol. The standard InChI is InChI=1S/C31H36Cl2/c32-30-19-13-12-18-29(30)31(33,27-16-10-7-11-17-27)28-22-20-26(21-23-28)24-25-14-8-5-3-1-2-4-6-9-15-25/h7,10-13,16-23,25H,1-6,8-9,14-15,24H2. The minimum absolute atomic E-state index is 0.692. The Bertz CT molecular complexity index is 967. The molecular formula is C31H36Cl2. The van der Waals surface area contributed by atoms with E-state index in [1.54, 1.807) is 0 Å². The first-order valence-electron chi connectivity index (χ1n) is 12.8. The Morgan fingerprint density at radius 2 is 1.12 bits per heavy atom. The van der Waals surface area contributed by atoms with E-state index in [0.29, 0.717) is 5.02 Å². The monoisotopic (exact) mass is 478 g/mol. The summed E-state index contributed by atoms with van der Waals surface area (Å²) in [7, 11) is 0. The van der Waals surface area contributed by atoms with E-state index in [-0.39, 0.29) is 0 Å². The summed E-state index contributed by atoms with van der Waals surface area (Å²) >= 11 is 14.1. The largest absolute Gasteiger partial charge is 0.121 e. The molecule has 3 aromatic carbocycles. The van der Waals surface area contributed by atoms with Crippen LogP contribution in [0.15, 0.2) is 78.9 Å². The fourth-order valence-electron chi connectivity index (χ4n) is 5.37. The zero-order valence-electron chi connectivity index (χ0n) is 19.6. The molecule has 0 saturated heterocycles. The molecule has 0 aromatic heterocycles. The third-order valence-corrected chi connectivity index (χ3v) is 8.24. The number of hydrogen-bond donors (Lipinski definition) is 0. The SMILES string of the molecule is Clc1ccccc1C(Cl)(c1ccccc1)c1ccc(CC2CCCCCCCCCC2)cc1. The van der Waals surface area contributed by atoms with E-state index in [9.17, 15) is 0 Å². The van der Waals surface area contributed by atoms with Gasteiger partial charge >= 0.3 is 0 Å². The van der Waals surface area contributed by atoms with Crippen LogP contribution in [0.2, 0.25) is 5.02 Å². The Morgan fingerprint density at radius 1 is 0.606 bits per heavy atom. The molecule has 174 valence electrons. The smallest absolute Gasteiger partial charge is 0.103 e. The van der Waals surface area contributed by atoms with E-state index >= 15 is 0 Å². The molecule has 1 unspecified atom stereocenters. The van der Waals surface area contributed by atoms with Gasteiger partial charge in [0.1, 0.15) is 4.87 Å². The lowest BCUT2D eigenvalue weighted by molar-refractivity contribution is 0.412. The molecule has 4 rings (SSSR count). The zero-order chi connectivity index (χ0) is 22.9. The summed E-state index contributed by atoms with van der Waals surface area (Å²) < 4.78 is 0. The molecule has 1 saturated carbocycles. The summed E-state index contributed by atoms with van der Waals surface area (Å²) in [5.74, 6) is 0.799. The van der Waals surface area contributed by atoms with Crippen LogP contribution < -0.4 is 0 Å². The Balaban J connectivity index is 1.57. The summed E-state index contributed by atoms with van der Waals surface area (Å²) in [6.07, 6.45) is 15.2. The number of halogens is 2. The first-order chi connectivity index (χ1) is 16.2. The molecule has 0 amide bonds. The van der Waals surface area contributed by atoms with Gasteiger partial charge in [-0.05, 0) is 35.1 Å². The van der Waals surface area contributed by atoms with Crippen LogP contribution in [0.25, 0.3) is 0 Å². The van der Waals surface area contributed by atoms with Gasteiger partial charge in [-0.15, -0.1) is 11.6 Å². The highest BCUT2D eigenvalue weighted by Crippen LogP contribution is 2.45. The second-order valence-corrected chi connectivity index (χ2v) is 10.7. The summed E-state index contributed by atoms with van der Waals surface area (Å²) in [4.78, 5) is -0.813. The van der Waals surface area contributed by atoms with Crippen molar-refractivity contribution in [1.82, 2.24) is 0 Å². The van der Waals surface area contributed by atoms with Crippen LogP contribution >= 0.6 is 23.2 Å². The van der Waals surface area contributed by atoms with Gasteiger partial charge in [0.25, 0.3) is 0 Å². The molecule has 0 bridgehead atoms. The average molecular weight is 480 g/mol. The number of rotatable bonds is 5. The number of alkyl halides is 1. The maximum Gasteiger partial charge on any atom is 0.121 e. The fraction of sp³-hybridized carbons (Fsp3) is 0.419. The first-order valence-corrected chi connectivity index (χ1v) is 13.5. The predicted octanol–water partition coefficient (Wildman–Crippen LogP) is 9.94. The third-order valence-electron chi connectivity index (χ3n) is 7.27. The van der Waals surface area contributed by atoms with Crippen molar-refractivity contribution >= 4 is 23.2 Å². The molecule has 0 heterocycles. The van der Waals surface area contributed by atoms with Crippen LogP contribution in [0.4, 0.5) is 0 Å². The van der Waals surface area contributed by atoms with Crippen molar-refractivity contribution in [3.05, 3.63) is 106 Å². The van der Waals surface area contributed by atoms with Crippen molar-refractivity contribution < 1.29 is 0 Å². The van der Waals surface area contributed by atoms with Crippen molar-refractivity contribution in [2.24, 2.45) is 5.92 Å². The van der Waals surface area contributed by atoms with Gasteiger partial charge in [-0.1, -0.05) is 149 Å². The quantitative estimate of drug-likeness (QED) is 0.252. The second-order valence-electron chi connectivity index (χ2n) is 9.68. The van der Waals surface area contributed by atoms with Crippen molar-refractivity contribution in [3.8, 4) is 0 Å². The summed E-state index contributed by atoms with van der Waals surface area (Å²) in [6.45, 7) is 0. The Kier molecular flexibility index (Phi) is 8.93. The van der Waals surface area contributed by atoms with Crippen LogP contribution in [0.3, 0.4) is 0 Å². The van der Waals surface area contributed by atoms with Gasteiger partial charge in [0.2, 0.25) is 0 Å². The fourth-order valence-corrected chi connectivity index (χ4v) is 6.11. The van der Waals surface area contributed by atoms with E-state index in [1.165, 1.54) is 76.2 Å². The lowest BCUT2D eigenvalue weighted by Gasteiger charge is -2.30. The van der Waals surface area contributed by atoms with Gasteiger partial charge < -0.3 is 0 Å². The number of benzene rings is 3. The maximum absolute atomic E-state index is 7.47. The third kappa shape index (κ3) is 6.23. The average Bonchev–Trinajstić information content (AvgIpc) is 2.91. The van der Waals surface area contributed by atoms with Crippen LogP contribution in [0.1, 0.15) is 86.5 Å². The summed E-state index contributed by atoms with van der Waals surface area (Å²) in [5, 5.41) is 0.692. The van der Waals surface area contributed by atoms with Crippen molar-refractivity contribution in [2.75, 3.05) is 0 Å². The Hall–Kier alpha value is -1.76. The molecule has 1 fully saturated rings. The summed E-state index contributed by atoms with van der Waals surface area (Å²) in [5.41, 5.74) is 4.45. The van der Waals surface area contributed by atoms with Crippen LogP contribution in [0.5, 0.6) is 0 Å². The van der Waals surface area contributed by atoms with Crippen LogP contribution in [-0.4, -0.2) is 0 Å². The molecule has 1 aliphatic rings. The molecule has 33 heavy (non-hydrogen) atoms. The minimum atomic E-state index is -0.813. The van der Waals surface area contributed by atoms with Crippen molar-refractivity contribution in [2.45, 2.75) is 75.5 Å². The van der Waals surface area contributed by atoms with Gasteiger partial charge in [0.05, 0.1) is 0 Å². The van der Waals surface area contributed by atoms with E-state index in [1.807, 2.05) is 42.5 Å². The molecule has 1 aliphatic carbocycles. The van der Waals surface area contributed by atoms with Crippen molar-refractivity contribution in [3.63, 3.8) is 0 Å². The van der Waals surface area contributed by atoms with Crippen LogP contribution in [0, 0.1) is 5.92 Å². The maximum atomic E-state index is 7.47. The van der Waals surface area contributed by atoms with E-state index < -0.39 is 4.87 Å². The highest BCUT2D eigenvalue weighted by Gasteiger charge is 2.35. The Morgan fingerprint density at radius 3 is 1.73 bits per heavy atom.